The fourth-order valence-corrected chi connectivity index (χ4v) is 2.55. The van der Waals surface area contributed by atoms with Crippen molar-refractivity contribution in [1.82, 2.24) is 4.90 Å². The molecule has 0 bridgehead atoms. The summed E-state index contributed by atoms with van der Waals surface area (Å²) in [5, 5.41) is 0. The molecular formula is C14H27NO2. The van der Waals surface area contributed by atoms with Gasteiger partial charge in [-0.15, -0.1) is 0 Å². The maximum Gasteiger partial charge on any atom is 0.0994 e. The molecule has 2 aliphatic rings. The second kappa shape index (κ2) is 5.68. The van der Waals surface area contributed by atoms with Gasteiger partial charge in [-0.1, -0.05) is 6.42 Å². The summed E-state index contributed by atoms with van der Waals surface area (Å²) in [6, 6.07) is 0. The van der Waals surface area contributed by atoms with E-state index in [2.05, 4.69) is 25.7 Å². The lowest BCUT2D eigenvalue weighted by molar-refractivity contribution is -0.161. The van der Waals surface area contributed by atoms with Crippen LogP contribution in [0.25, 0.3) is 0 Å². The van der Waals surface area contributed by atoms with Gasteiger partial charge in [0.15, 0.2) is 0 Å². The van der Waals surface area contributed by atoms with Gasteiger partial charge in [-0.3, -0.25) is 4.90 Å². The highest BCUT2D eigenvalue weighted by Gasteiger charge is 2.33. The van der Waals surface area contributed by atoms with Crippen molar-refractivity contribution >= 4 is 0 Å². The van der Waals surface area contributed by atoms with E-state index < -0.39 is 0 Å². The molecule has 1 saturated heterocycles. The number of hydrogen-bond acceptors (Lipinski definition) is 3. The topological polar surface area (TPSA) is 21.7 Å². The van der Waals surface area contributed by atoms with Gasteiger partial charge in [0.1, 0.15) is 0 Å². The Morgan fingerprint density at radius 2 is 1.65 bits per heavy atom. The SMILES string of the molecule is CC(C)(C)OC1CC(OCN2CCCCC2)C1. The van der Waals surface area contributed by atoms with Crippen molar-refractivity contribution in [2.75, 3.05) is 19.8 Å². The Hall–Kier alpha value is -0.120. The molecule has 1 saturated carbocycles. The zero-order valence-corrected chi connectivity index (χ0v) is 11.6. The maximum atomic E-state index is 5.91. The first kappa shape index (κ1) is 13.3. The van der Waals surface area contributed by atoms with E-state index in [1.165, 1.54) is 32.4 Å². The largest absolute Gasteiger partial charge is 0.372 e. The number of rotatable bonds is 4. The maximum absolute atomic E-state index is 5.91. The predicted octanol–water partition coefficient (Wildman–Crippen LogP) is 2.79. The zero-order chi connectivity index (χ0) is 12.3. The summed E-state index contributed by atoms with van der Waals surface area (Å²) in [7, 11) is 0. The number of ether oxygens (including phenoxy) is 2. The number of nitrogens with zero attached hydrogens (tertiary/aromatic N) is 1. The predicted molar refractivity (Wildman–Crippen MR) is 69.0 cm³/mol. The monoisotopic (exact) mass is 241 g/mol. The summed E-state index contributed by atoms with van der Waals surface area (Å²) < 4.78 is 11.8. The van der Waals surface area contributed by atoms with Crippen LogP contribution in [0.3, 0.4) is 0 Å². The Morgan fingerprint density at radius 1 is 1.00 bits per heavy atom. The highest BCUT2D eigenvalue weighted by Crippen LogP contribution is 2.30. The summed E-state index contributed by atoms with van der Waals surface area (Å²) in [6.45, 7) is 9.62. The summed E-state index contributed by atoms with van der Waals surface area (Å²) in [6.07, 6.45) is 7.07. The van der Waals surface area contributed by atoms with E-state index in [0.29, 0.717) is 12.2 Å². The molecule has 17 heavy (non-hydrogen) atoms. The lowest BCUT2D eigenvalue weighted by Crippen LogP contribution is -2.44. The van der Waals surface area contributed by atoms with Gasteiger partial charge in [-0.25, -0.2) is 0 Å². The molecule has 0 amide bonds. The highest BCUT2D eigenvalue weighted by molar-refractivity contribution is 4.83. The van der Waals surface area contributed by atoms with Crippen LogP contribution >= 0.6 is 0 Å². The molecule has 0 radical (unpaired) electrons. The number of hydrogen-bond donors (Lipinski definition) is 0. The lowest BCUT2D eigenvalue weighted by Gasteiger charge is -2.40. The first-order chi connectivity index (χ1) is 8.03. The van der Waals surface area contributed by atoms with E-state index >= 15 is 0 Å². The molecule has 3 nitrogen and oxygen atoms in total. The van der Waals surface area contributed by atoms with Crippen molar-refractivity contribution in [1.29, 1.82) is 0 Å². The summed E-state index contributed by atoms with van der Waals surface area (Å²) in [5.74, 6) is 0. The molecule has 3 heteroatoms. The van der Waals surface area contributed by atoms with E-state index in [1.54, 1.807) is 0 Å². The Balaban J connectivity index is 1.55. The third-order valence-corrected chi connectivity index (χ3v) is 3.51. The number of likely N-dealkylation sites (tertiary alicyclic amines) is 1. The van der Waals surface area contributed by atoms with Crippen LogP contribution in [0.15, 0.2) is 0 Å². The third-order valence-electron chi connectivity index (χ3n) is 3.51. The second-order valence-corrected chi connectivity index (χ2v) is 6.42. The van der Waals surface area contributed by atoms with E-state index in [9.17, 15) is 0 Å². The Morgan fingerprint density at radius 3 is 2.24 bits per heavy atom. The summed E-state index contributed by atoms with van der Waals surface area (Å²) in [4.78, 5) is 2.43. The molecule has 0 aromatic carbocycles. The Kier molecular flexibility index (Phi) is 4.45. The van der Waals surface area contributed by atoms with Crippen LogP contribution < -0.4 is 0 Å². The molecular weight excluding hydrogens is 214 g/mol. The molecule has 0 unspecified atom stereocenters. The standard InChI is InChI=1S/C14H27NO2/c1-14(2,3)17-13-9-12(10-13)16-11-15-7-5-4-6-8-15/h12-13H,4-11H2,1-3H3. The minimum Gasteiger partial charge on any atom is -0.372 e. The van der Waals surface area contributed by atoms with Crippen molar-refractivity contribution in [2.45, 2.75) is 70.7 Å². The van der Waals surface area contributed by atoms with Gasteiger partial charge >= 0.3 is 0 Å². The van der Waals surface area contributed by atoms with Gasteiger partial charge in [0.2, 0.25) is 0 Å². The Bertz CT molecular complexity index is 225. The number of piperidine rings is 1. The van der Waals surface area contributed by atoms with Gasteiger partial charge in [0.05, 0.1) is 24.5 Å². The fraction of sp³-hybridized carbons (Fsp3) is 1.00. The molecule has 0 spiro atoms. The average molecular weight is 241 g/mol. The van der Waals surface area contributed by atoms with Crippen molar-refractivity contribution in [3.63, 3.8) is 0 Å². The molecule has 0 N–H and O–H groups in total. The molecule has 2 fully saturated rings. The van der Waals surface area contributed by atoms with Gasteiger partial charge in [0, 0.05) is 25.9 Å². The molecule has 1 aliphatic carbocycles. The first-order valence-electron chi connectivity index (χ1n) is 7.05. The zero-order valence-electron chi connectivity index (χ0n) is 11.6. The molecule has 0 aromatic rings. The van der Waals surface area contributed by atoms with Gasteiger partial charge < -0.3 is 9.47 Å². The van der Waals surface area contributed by atoms with E-state index in [0.717, 1.165) is 19.6 Å². The third kappa shape index (κ3) is 4.57. The van der Waals surface area contributed by atoms with Crippen LogP contribution in [0.1, 0.15) is 52.9 Å². The molecule has 100 valence electrons. The molecule has 1 heterocycles. The van der Waals surface area contributed by atoms with Gasteiger partial charge in [-0.2, -0.15) is 0 Å². The molecule has 0 atom stereocenters. The van der Waals surface area contributed by atoms with Crippen LogP contribution in [0.2, 0.25) is 0 Å². The van der Waals surface area contributed by atoms with Crippen molar-refractivity contribution in [3.05, 3.63) is 0 Å². The quantitative estimate of drug-likeness (QED) is 0.755. The van der Waals surface area contributed by atoms with Crippen molar-refractivity contribution < 1.29 is 9.47 Å². The second-order valence-electron chi connectivity index (χ2n) is 6.42. The highest BCUT2D eigenvalue weighted by atomic mass is 16.5. The molecule has 0 aromatic heterocycles. The average Bonchev–Trinajstić information content (AvgIpc) is 2.21. The summed E-state index contributed by atoms with van der Waals surface area (Å²) >= 11 is 0. The van der Waals surface area contributed by atoms with Crippen LogP contribution in [-0.4, -0.2) is 42.5 Å². The molecule has 1 aliphatic heterocycles. The van der Waals surface area contributed by atoms with E-state index in [4.69, 9.17) is 9.47 Å². The minimum atomic E-state index is -0.0114. The fourth-order valence-electron chi connectivity index (χ4n) is 2.55. The van der Waals surface area contributed by atoms with E-state index in [-0.39, 0.29) is 5.60 Å². The van der Waals surface area contributed by atoms with Crippen molar-refractivity contribution in [3.8, 4) is 0 Å². The van der Waals surface area contributed by atoms with E-state index in [1.807, 2.05) is 0 Å². The van der Waals surface area contributed by atoms with Crippen LogP contribution in [0.4, 0.5) is 0 Å². The smallest absolute Gasteiger partial charge is 0.0994 e. The lowest BCUT2D eigenvalue weighted by atomic mass is 9.91. The van der Waals surface area contributed by atoms with Crippen LogP contribution in [0.5, 0.6) is 0 Å². The van der Waals surface area contributed by atoms with Crippen molar-refractivity contribution in [2.24, 2.45) is 0 Å². The van der Waals surface area contributed by atoms with Crippen LogP contribution in [0, 0.1) is 0 Å². The first-order valence-corrected chi connectivity index (χ1v) is 7.05. The molecule has 2 rings (SSSR count). The van der Waals surface area contributed by atoms with Gasteiger partial charge in [-0.05, 0) is 33.6 Å². The summed E-state index contributed by atoms with van der Waals surface area (Å²) in [5.41, 5.74) is -0.0114. The Labute approximate surface area is 105 Å². The minimum absolute atomic E-state index is 0.0114. The van der Waals surface area contributed by atoms with Crippen LogP contribution in [-0.2, 0) is 9.47 Å². The van der Waals surface area contributed by atoms with Gasteiger partial charge in [0.25, 0.3) is 0 Å². The normalized spacial score (nSPS) is 31.2.